The van der Waals surface area contributed by atoms with Gasteiger partial charge in [-0.05, 0) is 62.4 Å². The van der Waals surface area contributed by atoms with Crippen molar-refractivity contribution >= 4 is 19.6 Å². The monoisotopic (exact) mass is 594 g/mol. The van der Waals surface area contributed by atoms with Crippen LogP contribution in [0.4, 0.5) is 4.39 Å². The molecule has 0 spiro atoms. The van der Waals surface area contributed by atoms with E-state index < -0.39 is 67.2 Å². The summed E-state index contributed by atoms with van der Waals surface area (Å²) in [6, 6.07) is 4.36. The Bertz CT molecular complexity index is 1500. The number of esters is 1. The molecule has 0 amide bonds. The zero-order valence-electron chi connectivity index (χ0n) is 21.8. The SMILES string of the molecule is C[C@H](NP(=O)(OC[C@H]1OC(n2ccc(=O)[nH]c2=O)=C(N=[N+]=[N-])[C@@H]1O)Oc1ccc(F)cc1)C(=O)OC1CCCCC1. The van der Waals surface area contributed by atoms with Crippen LogP contribution in [-0.2, 0) is 23.4 Å². The third kappa shape index (κ3) is 7.63. The van der Waals surface area contributed by atoms with Crippen molar-refractivity contribution in [2.24, 2.45) is 5.11 Å². The number of H-pyrrole nitrogens is 1. The molecular formula is C24H28FN6O9P. The molecule has 220 valence electrons. The van der Waals surface area contributed by atoms with Gasteiger partial charge in [-0.15, -0.1) is 0 Å². The van der Waals surface area contributed by atoms with E-state index in [1.165, 1.54) is 19.1 Å². The molecular weight excluding hydrogens is 566 g/mol. The Balaban J connectivity index is 1.52. The number of benzene rings is 1. The Morgan fingerprint density at radius 1 is 1.29 bits per heavy atom. The van der Waals surface area contributed by atoms with Crippen LogP contribution in [0, 0.1) is 5.82 Å². The zero-order valence-corrected chi connectivity index (χ0v) is 22.7. The van der Waals surface area contributed by atoms with Crippen molar-refractivity contribution in [1.29, 1.82) is 0 Å². The van der Waals surface area contributed by atoms with Crippen LogP contribution in [0.2, 0.25) is 0 Å². The number of halogens is 1. The first kappa shape index (κ1) is 30.0. The van der Waals surface area contributed by atoms with E-state index in [1.54, 1.807) is 0 Å². The number of nitrogens with one attached hydrogen (secondary N) is 2. The van der Waals surface area contributed by atoms with Crippen molar-refractivity contribution in [3.63, 3.8) is 0 Å². The summed E-state index contributed by atoms with van der Waals surface area (Å²) < 4.78 is 50.2. The lowest BCUT2D eigenvalue weighted by molar-refractivity contribution is -0.152. The summed E-state index contributed by atoms with van der Waals surface area (Å²) in [5, 5.41) is 16.6. The average Bonchev–Trinajstić information content (AvgIpc) is 3.24. The lowest BCUT2D eigenvalue weighted by Gasteiger charge is -2.27. The summed E-state index contributed by atoms with van der Waals surface area (Å²) in [6.45, 7) is 0.737. The van der Waals surface area contributed by atoms with Crippen LogP contribution in [0.3, 0.4) is 0 Å². The van der Waals surface area contributed by atoms with E-state index in [0.717, 1.165) is 61.1 Å². The second-order valence-electron chi connectivity index (χ2n) is 9.35. The average molecular weight is 594 g/mol. The largest absolute Gasteiger partial charge is 0.469 e. The van der Waals surface area contributed by atoms with Gasteiger partial charge in [-0.1, -0.05) is 11.5 Å². The minimum absolute atomic E-state index is 0.0589. The van der Waals surface area contributed by atoms with Gasteiger partial charge < -0.3 is 19.1 Å². The molecule has 1 saturated carbocycles. The summed E-state index contributed by atoms with van der Waals surface area (Å²) in [5.41, 5.74) is 6.92. The molecule has 1 aliphatic heterocycles. The first-order valence-electron chi connectivity index (χ1n) is 12.7. The topological polar surface area (TPSA) is 207 Å². The zero-order chi connectivity index (χ0) is 29.6. The van der Waals surface area contributed by atoms with Crippen LogP contribution >= 0.6 is 7.75 Å². The molecule has 2 aromatic rings. The van der Waals surface area contributed by atoms with Crippen LogP contribution in [0.25, 0.3) is 16.3 Å². The van der Waals surface area contributed by atoms with Crippen molar-refractivity contribution in [3.8, 4) is 5.75 Å². The van der Waals surface area contributed by atoms with Crippen molar-refractivity contribution in [1.82, 2.24) is 14.6 Å². The number of ether oxygens (including phenoxy) is 2. The molecule has 3 N–H and O–H groups in total. The van der Waals surface area contributed by atoms with E-state index in [1.807, 2.05) is 4.98 Å². The van der Waals surface area contributed by atoms with Crippen molar-refractivity contribution in [2.75, 3.05) is 6.61 Å². The van der Waals surface area contributed by atoms with Gasteiger partial charge in [0.05, 0.1) is 6.61 Å². The molecule has 1 aliphatic carbocycles. The van der Waals surface area contributed by atoms with Gasteiger partial charge in [-0.3, -0.25) is 19.1 Å². The fourth-order valence-electron chi connectivity index (χ4n) is 4.24. The number of aliphatic hydroxyl groups is 1. The molecule has 15 nitrogen and oxygen atoms in total. The Labute approximate surface area is 232 Å². The number of aromatic amines is 1. The fraction of sp³-hybridized carbons (Fsp3) is 0.458. The van der Waals surface area contributed by atoms with E-state index in [0.29, 0.717) is 0 Å². The van der Waals surface area contributed by atoms with Crippen LogP contribution in [0.5, 0.6) is 5.75 Å². The molecule has 2 aliphatic rings. The van der Waals surface area contributed by atoms with Crippen molar-refractivity contribution in [3.05, 3.63) is 79.3 Å². The number of aromatic nitrogens is 2. The number of carbonyl (C=O) groups excluding carboxylic acids is 1. The number of nitrogens with zero attached hydrogens (tertiary/aromatic N) is 4. The Kier molecular flexibility index (Phi) is 9.63. The summed E-state index contributed by atoms with van der Waals surface area (Å²) in [5.74, 6) is -1.71. The molecule has 4 rings (SSSR count). The summed E-state index contributed by atoms with van der Waals surface area (Å²) in [7, 11) is -4.44. The fourth-order valence-corrected chi connectivity index (χ4v) is 5.74. The van der Waals surface area contributed by atoms with Crippen LogP contribution in [-0.4, -0.2) is 51.6 Å². The van der Waals surface area contributed by atoms with Crippen LogP contribution < -0.4 is 20.9 Å². The highest BCUT2D eigenvalue weighted by atomic mass is 31.2. The molecule has 17 heteroatoms. The number of carbonyl (C=O) groups is 1. The number of azide groups is 1. The van der Waals surface area contributed by atoms with Crippen LogP contribution in [0.1, 0.15) is 39.0 Å². The number of aliphatic hydroxyl groups excluding tert-OH is 1. The van der Waals surface area contributed by atoms with Gasteiger partial charge in [0, 0.05) is 17.2 Å². The Hall–Kier alpha value is -3.94. The predicted octanol–water partition coefficient (Wildman–Crippen LogP) is 2.93. The third-order valence-electron chi connectivity index (χ3n) is 6.30. The van der Waals surface area contributed by atoms with E-state index >= 15 is 0 Å². The van der Waals surface area contributed by atoms with E-state index in [9.17, 15) is 28.4 Å². The molecule has 0 radical (unpaired) electrons. The lowest BCUT2D eigenvalue weighted by atomic mass is 9.98. The van der Waals surface area contributed by atoms with Crippen LogP contribution in [0.15, 0.2) is 56.9 Å². The van der Waals surface area contributed by atoms with Gasteiger partial charge in [-0.2, -0.15) is 5.09 Å². The highest BCUT2D eigenvalue weighted by Crippen LogP contribution is 2.46. The predicted molar refractivity (Wildman–Crippen MR) is 141 cm³/mol. The molecule has 0 bridgehead atoms. The number of hydrogen-bond donors (Lipinski definition) is 3. The highest BCUT2D eigenvalue weighted by molar-refractivity contribution is 7.52. The van der Waals surface area contributed by atoms with E-state index in [-0.39, 0.29) is 11.9 Å². The van der Waals surface area contributed by atoms with Gasteiger partial charge >= 0.3 is 19.4 Å². The van der Waals surface area contributed by atoms with Gasteiger partial charge in [0.1, 0.15) is 35.5 Å². The first-order chi connectivity index (χ1) is 19.6. The maximum Gasteiger partial charge on any atom is 0.459 e. The second-order valence-corrected chi connectivity index (χ2v) is 11.0. The molecule has 2 heterocycles. The minimum Gasteiger partial charge on any atom is -0.469 e. The van der Waals surface area contributed by atoms with Gasteiger partial charge in [0.25, 0.3) is 5.56 Å². The van der Waals surface area contributed by atoms with E-state index in [4.69, 9.17) is 24.1 Å². The molecule has 1 aromatic carbocycles. The molecule has 4 atom stereocenters. The standard InChI is InChI=1S/C24H28FN6O9P/c1-14(23(34)38-16-5-3-2-4-6-16)29-41(36,40-17-9-7-15(25)8-10-17)37-13-18-21(33)20(28-30-26)22(39-18)31-12-11-19(32)27-24(31)35/h7-12,14,16,18,21,33H,2-6,13H2,1H3,(H,29,36)(H,27,32,35)/t14-,18+,21+,41?/m0/s1. The van der Waals surface area contributed by atoms with Crippen molar-refractivity contribution in [2.45, 2.75) is 63.4 Å². The normalized spacial score (nSPS) is 21.3. The first-order valence-corrected chi connectivity index (χ1v) is 14.3. The molecule has 1 aromatic heterocycles. The van der Waals surface area contributed by atoms with Gasteiger partial charge in [-0.25, -0.2) is 18.3 Å². The summed E-state index contributed by atoms with van der Waals surface area (Å²) >= 11 is 0. The minimum atomic E-state index is -4.44. The van der Waals surface area contributed by atoms with Gasteiger partial charge in [0.2, 0.25) is 5.88 Å². The Morgan fingerprint density at radius 3 is 2.66 bits per heavy atom. The smallest absolute Gasteiger partial charge is 0.459 e. The maximum atomic E-state index is 13.8. The lowest BCUT2D eigenvalue weighted by Crippen LogP contribution is -2.38. The Morgan fingerprint density at radius 2 is 2.00 bits per heavy atom. The highest BCUT2D eigenvalue weighted by Gasteiger charge is 2.40. The van der Waals surface area contributed by atoms with Crippen molar-refractivity contribution < 1.29 is 37.4 Å². The quantitative estimate of drug-likeness (QED) is 0.114. The summed E-state index contributed by atoms with van der Waals surface area (Å²) in [6.07, 6.45) is 2.10. The second kappa shape index (κ2) is 13.1. The molecule has 41 heavy (non-hydrogen) atoms. The third-order valence-corrected chi connectivity index (χ3v) is 7.94. The molecule has 0 saturated heterocycles. The number of hydrogen-bond acceptors (Lipinski definition) is 10. The van der Waals surface area contributed by atoms with E-state index in [2.05, 4.69) is 15.1 Å². The maximum absolute atomic E-state index is 13.8. The summed E-state index contributed by atoms with van der Waals surface area (Å²) in [4.78, 5) is 41.1. The number of rotatable bonds is 11. The molecule has 1 fully saturated rings. The van der Waals surface area contributed by atoms with Gasteiger partial charge in [0.15, 0.2) is 6.10 Å². The molecule has 1 unspecified atom stereocenters.